The molecule has 0 aliphatic carbocycles. The maximum absolute atomic E-state index is 13.2. The molecule has 0 spiro atoms. The highest BCUT2D eigenvalue weighted by Gasteiger charge is 2.27. The number of hydrogen-bond donors (Lipinski definition) is 1. The van der Waals surface area contributed by atoms with Crippen LogP contribution in [0.2, 0.25) is 5.02 Å². The third-order valence-corrected chi connectivity index (χ3v) is 6.42. The number of sulfonamides is 1. The number of anilines is 1. The molecule has 0 atom stereocenters. The van der Waals surface area contributed by atoms with Crippen LogP contribution in [0.25, 0.3) is 0 Å². The summed E-state index contributed by atoms with van der Waals surface area (Å²) in [6, 6.07) is 24.1. The zero-order chi connectivity index (χ0) is 22.1. The molecule has 1 amide bonds. The van der Waals surface area contributed by atoms with E-state index in [2.05, 4.69) is 5.32 Å². The summed E-state index contributed by atoms with van der Waals surface area (Å²) in [5, 5.41) is 3.08. The molecule has 3 rings (SSSR count). The lowest BCUT2D eigenvalue weighted by Crippen LogP contribution is -2.41. The van der Waals surface area contributed by atoms with Crippen molar-refractivity contribution >= 4 is 33.2 Å². The van der Waals surface area contributed by atoms with E-state index >= 15 is 0 Å². The molecular formula is C23H23ClN2O4S. The minimum absolute atomic E-state index is 0.0916. The van der Waals surface area contributed by atoms with Gasteiger partial charge in [0, 0.05) is 11.6 Å². The Bertz CT molecular complexity index is 1090. The van der Waals surface area contributed by atoms with E-state index in [1.54, 1.807) is 36.4 Å². The van der Waals surface area contributed by atoms with Crippen LogP contribution in [-0.2, 0) is 26.2 Å². The highest BCUT2D eigenvalue weighted by molar-refractivity contribution is 7.92. The molecule has 0 heterocycles. The summed E-state index contributed by atoms with van der Waals surface area (Å²) in [6.07, 6.45) is 0. The van der Waals surface area contributed by atoms with Crippen LogP contribution in [0.5, 0.6) is 0 Å². The van der Waals surface area contributed by atoms with Gasteiger partial charge in [-0.05, 0) is 35.9 Å². The number of ether oxygens (including phenoxy) is 1. The fourth-order valence-corrected chi connectivity index (χ4v) is 4.50. The Morgan fingerprint density at radius 3 is 2.29 bits per heavy atom. The molecule has 0 saturated carbocycles. The normalized spacial score (nSPS) is 11.1. The van der Waals surface area contributed by atoms with Gasteiger partial charge in [0.2, 0.25) is 5.91 Å². The predicted octanol–water partition coefficient (Wildman–Crippen LogP) is 3.87. The van der Waals surface area contributed by atoms with Crippen molar-refractivity contribution in [1.29, 1.82) is 0 Å². The Balaban J connectivity index is 1.64. The first kappa shape index (κ1) is 22.8. The molecule has 0 aliphatic rings. The minimum atomic E-state index is -3.95. The van der Waals surface area contributed by atoms with Crippen LogP contribution >= 0.6 is 11.6 Å². The molecule has 31 heavy (non-hydrogen) atoms. The maximum atomic E-state index is 13.2. The molecule has 0 aromatic heterocycles. The first-order valence-electron chi connectivity index (χ1n) is 9.68. The highest BCUT2D eigenvalue weighted by atomic mass is 35.5. The molecule has 0 unspecified atom stereocenters. The first-order valence-corrected chi connectivity index (χ1v) is 11.5. The van der Waals surface area contributed by atoms with Gasteiger partial charge in [-0.2, -0.15) is 0 Å². The molecule has 162 valence electrons. The molecule has 3 aromatic carbocycles. The highest BCUT2D eigenvalue weighted by Crippen LogP contribution is 2.25. The minimum Gasteiger partial charge on any atom is -0.375 e. The van der Waals surface area contributed by atoms with Crippen molar-refractivity contribution in [1.82, 2.24) is 5.32 Å². The van der Waals surface area contributed by atoms with Gasteiger partial charge in [0.25, 0.3) is 10.0 Å². The van der Waals surface area contributed by atoms with Crippen molar-refractivity contribution in [2.75, 3.05) is 24.0 Å². The summed E-state index contributed by atoms with van der Waals surface area (Å²) in [5.74, 6) is -0.442. The average Bonchev–Trinajstić information content (AvgIpc) is 2.78. The van der Waals surface area contributed by atoms with Crippen LogP contribution < -0.4 is 9.62 Å². The van der Waals surface area contributed by atoms with Gasteiger partial charge >= 0.3 is 0 Å². The van der Waals surface area contributed by atoms with Crippen LogP contribution in [0.4, 0.5) is 5.69 Å². The van der Waals surface area contributed by atoms with Crippen molar-refractivity contribution in [3.8, 4) is 0 Å². The zero-order valence-electron chi connectivity index (χ0n) is 16.8. The summed E-state index contributed by atoms with van der Waals surface area (Å²) >= 11 is 6.05. The third kappa shape index (κ3) is 6.55. The van der Waals surface area contributed by atoms with Gasteiger partial charge in [0.15, 0.2) is 0 Å². The molecule has 0 saturated heterocycles. The lowest BCUT2D eigenvalue weighted by atomic mass is 10.2. The summed E-state index contributed by atoms with van der Waals surface area (Å²) in [5.41, 5.74) is 1.35. The lowest BCUT2D eigenvalue weighted by molar-refractivity contribution is -0.119. The second-order valence-corrected chi connectivity index (χ2v) is 8.99. The fraction of sp³-hybridized carbons (Fsp3) is 0.174. The number of amides is 1. The second-order valence-electron chi connectivity index (χ2n) is 6.69. The van der Waals surface area contributed by atoms with Gasteiger partial charge in [-0.3, -0.25) is 9.10 Å². The fourth-order valence-electron chi connectivity index (χ4n) is 2.88. The Kier molecular flexibility index (Phi) is 8.06. The number of benzene rings is 3. The summed E-state index contributed by atoms with van der Waals surface area (Å²) in [7, 11) is -3.95. The molecule has 6 nitrogen and oxygen atoms in total. The van der Waals surface area contributed by atoms with Gasteiger partial charge in [-0.15, -0.1) is 0 Å². The summed E-state index contributed by atoms with van der Waals surface area (Å²) in [6.45, 7) is 0.633. The van der Waals surface area contributed by atoms with Crippen molar-refractivity contribution < 1.29 is 17.9 Å². The van der Waals surface area contributed by atoms with Crippen molar-refractivity contribution in [3.63, 3.8) is 0 Å². The number of halogens is 1. The van der Waals surface area contributed by atoms with Crippen LogP contribution in [0.15, 0.2) is 89.8 Å². The van der Waals surface area contributed by atoms with Crippen LogP contribution in [0.3, 0.4) is 0 Å². The summed E-state index contributed by atoms with van der Waals surface area (Å²) < 4.78 is 33.0. The van der Waals surface area contributed by atoms with Gasteiger partial charge in [0.05, 0.1) is 23.8 Å². The van der Waals surface area contributed by atoms with Crippen LogP contribution in [0.1, 0.15) is 5.56 Å². The maximum Gasteiger partial charge on any atom is 0.264 e. The zero-order valence-corrected chi connectivity index (χ0v) is 18.4. The van der Waals surface area contributed by atoms with Gasteiger partial charge in [-0.1, -0.05) is 66.2 Å². The first-order chi connectivity index (χ1) is 15.0. The number of hydrogen-bond acceptors (Lipinski definition) is 4. The Morgan fingerprint density at radius 1 is 0.935 bits per heavy atom. The van der Waals surface area contributed by atoms with E-state index < -0.39 is 15.9 Å². The van der Waals surface area contributed by atoms with Gasteiger partial charge in [-0.25, -0.2) is 8.42 Å². The number of rotatable bonds is 10. The Labute approximate surface area is 187 Å². The Hall–Kier alpha value is -2.87. The smallest absolute Gasteiger partial charge is 0.264 e. The average molecular weight is 459 g/mol. The third-order valence-electron chi connectivity index (χ3n) is 4.39. The molecular weight excluding hydrogens is 436 g/mol. The number of carbonyl (C=O) groups is 1. The lowest BCUT2D eigenvalue weighted by Gasteiger charge is -2.24. The van der Waals surface area contributed by atoms with Gasteiger partial charge < -0.3 is 10.1 Å². The van der Waals surface area contributed by atoms with E-state index in [4.69, 9.17) is 16.3 Å². The van der Waals surface area contributed by atoms with E-state index in [0.717, 1.165) is 9.87 Å². The monoisotopic (exact) mass is 458 g/mol. The number of nitrogens with zero attached hydrogens (tertiary/aromatic N) is 1. The second kappa shape index (κ2) is 10.9. The Morgan fingerprint density at radius 2 is 1.61 bits per heavy atom. The molecule has 0 radical (unpaired) electrons. The van der Waals surface area contributed by atoms with Crippen molar-refractivity contribution in [3.05, 3.63) is 95.5 Å². The molecule has 0 aliphatic heterocycles. The van der Waals surface area contributed by atoms with E-state index in [1.807, 2.05) is 30.3 Å². The van der Waals surface area contributed by atoms with E-state index in [0.29, 0.717) is 23.9 Å². The van der Waals surface area contributed by atoms with E-state index in [-0.39, 0.29) is 18.0 Å². The SMILES string of the molecule is O=C(CN(c1cccc(Cl)c1)S(=O)(=O)c1ccccc1)NCCOCc1ccccc1. The van der Waals surface area contributed by atoms with E-state index in [1.165, 1.54) is 18.2 Å². The standard InChI is InChI=1S/C23H23ClN2O4S/c24-20-10-7-11-21(16-20)26(31(28,29)22-12-5-2-6-13-22)17-23(27)25-14-15-30-18-19-8-3-1-4-9-19/h1-13,16H,14-15,17-18H2,(H,25,27). The molecule has 8 heteroatoms. The largest absolute Gasteiger partial charge is 0.375 e. The van der Waals surface area contributed by atoms with Gasteiger partial charge in [0.1, 0.15) is 6.54 Å². The molecule has 1 N–H and O–H groups in total. The quantitative estimate of drug-likeness (QED) is 0.468. The molecule has 0 bridgehead atoms. The molecule has 0 fully saturated rings. The summed E-state index contributed by atoms with van der Waals surface area (Å²) in [4.78, 5) is 12.6. The topological polar surface area (TPSA) is 75.7 Å². The molecule has 3 aromatic rings. The number of nitrogens with one attached hydrogen (secondary N) is 1. The number of carbonyl (C=O) groups excluding carboxylic acids is 1. The predicted molar refractivity (Wildman–Crippen MR) is 122 cm³/mol. The van der Waals surface area contributed by atoms with Crippen LogP contribution in [0, 0.1) is 0 Å². The van der Waals surface area contributed by atoms with Crippen molar-refractivity contribution in [2.24, 2.45) is 0 Å². The van der Waals surface area contributed by atoms with Crippen molar-refractivity contribution in [2.45, 2.75) is 11.5 Å². The van der Waals surface area contributed by atoms with E-state index in [9.17, 15) is 13.2 Å². The van der Waals surface area contributed by atoms with Crippen LogP contribution in [-0.4, -0.2) is 34.0 Å².